The van der Waals surface area contributed by atoms with Crippen molar-refractivity contribution in [2.45, 2.75) is 84.5 Å². The minimum atomic E-state index is -0.767. The van der Waals surface area contributed by atoms with Gasteiger partial charge in [0.05, 0.1) is 30.1 Å². The van der Waals surface area contributed by atoms with Crippen LogP contribution >= 0.6 is 11.8 Å². The van der Waals surface area contributed by atoms with Crippen LogP contribution in [0.2, 0.25) is 0 Å². The molecule has 0 bridgehead atoms. The van der Waals surface area contributed by atoms with Gasteiger partial charge < -0.3 is 20.1 Å². The quantitative estimate of drug-likeness (QED) is 0.165. The molecular weight excluding hydrogens is 621 g/mol. The first-order valence-corrected chi connectivity index (χ1v) is 18.2. The topological polar surface area (TPSA) is 125 Å². The molecule has 13 heteroatoms. The molecule has 2 amide bonds. The molecule has 0 unspecified atom stereocenters. The summed E-state index contributed by atoms with van der Waals surface area (Å²) in [6, 6.07) is 2.67. The minimum Gasteiger partial charge on any atom is -0.381 e. The van der Waals surface area contributed by atoms with Crippen molar-refractivity contribution in [3.63, 3.8) is 0 Å². The Bertz CT molecular complexity index is 1570. The first-order valence-electron chi connectivity index (χ1n) is 16.8. The average Bonchev–Trinajstić information content (AvgIpc) is 4.01. The summed E-state index contributed by atoms with van der Waals surface area (Å²) in [5, 5.41) is 15.1. The highest BCUT2D eigenvalue weighted by molar-refractivity contribution is 7.98. The number of carbonyl (C=O) groups is 2. The van der Waals surface area contributed by atoms with Crippen molar-refractivity contribution in [1.29, 1.82) is 0 Å². The first-order chi connectivity index (χ1) is 22.8. The van der Waals surface area contributed by atoms with Crippen LogP contribution in [-0.4, -0.2) is 74.2 Å². The largest absolute Gasteiger partial charge is 0.381 e. The lowest BCUT2D eigenvalue weighted by Gasteiger charge is -2.27. The lowest BCUT2D eigenvalue weighted by atomic mass is 9.88. The van der Waals surface area contributed by atoms with E-state index in [0.717, 1.165) is 55.7 Å². The average molecular weight is 668 g/mol. The van der Waals surface area contributed by atoms with E-state index in [4.69, 9.17) is 9.47 Å². The SMILES string of the molecule is CCc1c(-c2ccc(NC(=O)[C@@H](NC(=O)c3cnn(C4CCOCC4)c3C)C(C3CC3)C3CC3)nc2F)c(C)nn1COCCSC. The molecule has 1 atom stereocenters. The zero-order valence-electron chi connectivity index (χ0n) is 27.8. The summed E-state index contributed by atoms with van der Waals surface area (Å²) in [5.41, 5.74) is 3.79. The van der Waals surface area contributed by atoms with E-state index in [1.165, 1.54) is 0 Å². The van der Waals surface area contributed by atoms with Crippen molar-refractivity contribution in [3.8, 4) is 11.1 Å². The van der Waals surface area contributed by atoms with Gasteiger partial charge in [-0.3, -0.25) is 14.3 Å². The summed E-state index contributed by atoms with van der Waals surface area (Å²) in [6.45, 7) is 7.98. The van der Waals surface area contributed by atoms with E-state index in [9.17, 15) is 9.59 Å². The number of pyridine rings is 1. The van der Waals surface area contributed by atoms with Crippen LogP contribution < -0.4 is 10.6 Å². The van der Waals surface area contributed by atoms with E-state index in [0.29, 0.717) is 67.2 Å². The zero-order valence-corrected chi connectivity index (χ0v) is 28.6. The van der Waals surface area contributed by atoms with Crippen molar-refractivity contribution >= 4 is 29.4 Å². The van der Waals surface area contributed by atoms with Gasteiger partial charge in [0.15, 0.2) is 0 Å². The summed E-state index contributed by atoms with van der Waals surface area (Å²) in [7, 11) is 0. The smallest absolute Gasteiger partial charge is 0.255 e. The molecule has 3 aromatic heterocycles. The Morgan fingerprint density at radius 1 is 1.13 bits per heavy atom. The highest BCUT2D eigenvalue weighted by Crippen LogP contribution is 2.51. The fourth-order valence-corrected chi connectivity index (χ4v) is 7.31. The van der Waals surface area contributed by atoms with E-state index in [1.807, 2.05) is 31.7 Å². The Balaban J connectivity index is 1.20. The Hall–Kier alpha value is -3.29. The summed E-state index contributed by atoms with van der Waals surface area (Å²) >= 11 is 1.71. The number of hydrogen-bond acceptors (Lipinski definition) is 8. The standard InChI is InChI=1S/C34H46FN7O4S/c1-5-27-29(20(2)40-41(27)19-46-16-17-47-4)25-10-11-28(37-32(25)35)38-34(44)31(30(22-6-7-22)23-8-9-23)39-33(43)26-18-36-42(21(26)3)24-12-14-45-15-13-24/h10-11,18,22-24,30-31H,5-9,12-17,19H2,1-4H3,(H,39,43)(H,37,38,44)/t31-/m0/s1. The molecule has 0 radical (unpaired) electrons. The number of anilines is 1. The molecular formula is C34H46FN7O4S. The molecule has 1 aliphatic heterocycles. The van der Waals surface area contributed by atoms with Gasteiger partial charge in [0.1, 0.15) is 18.6 Å². The molecule has 11 nitrogen and oxygen atoms in total. The van der Waals surface area contributed by atoms with Crippen LogP contribution in [0.25, 0.3) is 11.1 Å². The highest BCUT2D eigenvalue weighted by Gasteiger charge is 2.48. The molecule has 254 valence electrons. The third-order valence-electron chi connectivity index (χ3n) is 9.69. The van der Waals surface area contributed by atoms with Gasteiger partial charge in [-0.1, -0.05) is 6.92 Å². The maximum absolute atomic E-state index is 15.7. The Kier molecular flexibility index (Phi) is 10.6. The monoisotopic (exact) mass is 667 g/mol. The summed E-state index contributed by atoms with van der Waals surface area (Å²) < 4.78 is 30.6. The van der Waals surface area contributed by atoms with Gasteiger partial charge in [-0.15, -0.1) is 0 Å². The number of ether oxygens (including phenoxy) is 2. The molecule has 3 aliphatic rings. The zero-order chi connectivity index (χ0) is 33.1. The number of nitrogens with zero attached hydrogens (tertiary/aromatic N) is 5. The van der Waals surface area contributed by atoms with Gasteiger partial charge >= 0.3 is 0 Å². The third-order valence-corrected chi connectivity index (χ3v) is 10.3. The molecule has 0 spiro atoms. The van der Waals surface area contributed by atoms with E-state index in [2.05, 4.69) is 25.8 Å². The van der Waals surface area contributed by atoms with Crippen LogP contribution in [0, 0.1) is 37.5 Å². The molecule has 3 aromatic rings. The number of rotatable bonds is 15. The van der Waals surface area contributed by atoms with Crippen molar-refractivity contribution in [2.24, 2.45) is 17.8 Å². The van der Waals surface area contributed by atoms with Crippen LogP contribution in [0.3, 0.4) is 0 Å². The number of aromatic nitrogens is 5. The van der Waals surface area contributed by atoms with Gasteiger partial charge in [-0.25, -0.2) is 9.67 Å². The Morgan fingerprint density at radius 3 is 2.49 bits per heavy atom. The summed E-state index contributed by atoms with van der Waals surface area (Å²) in [4.78, 5) is 31.8. The molecule has 6 rings (SSSR count). The molecule has 0 aromatic carbocycles. The van der Waals surface area contributed by atoms with Crippen molar-refractivity contribution in [3.05, 3.63) is 46.9 Å². The highest BCUT2D eigenvalue weighted by atomic mass is 32.2. The van der Waals surface area contributed by atoms with Crippen LogP contribution in [0.4, 0.5) is 10.2 Å². The maximum atomic E-state index is 15.7. The minimum absolute atomic E-state index is 0.0210. The molecule has 47 heavy (non-hydrogen) atoms. The molecule has 1 saturated heterocycles. The number of thioether (sulfide) groups is 1. The first kappa shape index (κ1) is 33.6. The normalized spacial score (nSPS) is 17.7. The Labute approximate surface area is 279 Å². The number of carbonyl (C=O) groups excluding carboxylic acids is 2. The lowest BCUT2D eigenvalue weighted by Crippen LogP contribution is -2.50. The van der Waals surface area contributed by atoms with Crippen LogP contribution in [0.1, 0.15) is 78.9 Å². The predicted octanol–water partition coefficient (Wildman–Crippen LogP) is 5.32. The number of halogens is 1. The molecule has 2 aliphatic carbocycles. The number of aryl methyl sites for hydroxylation is 1. The van der Waals surface area contributed by atoms with E-state index >= 15 is 4.39 Å². The van der Waals surface area contributed by atoms with Gasteiger partial charge in [0, 0.05) is 41.5 Å². The molecule has 3 fully saturated rings. The van der Waals surface area contributed by atoms with Gasteiger partial charge in [0.25, 0.3) is 5.91 Å². The van der Waals surface area contributed by atoms with Crippen molar-refractivity contribution in [2.75, 3.05) is 37.1 Å². The molecule has 2 N–H and O–H groups in total. The maximum Gasteiger partial charge on any atom is 0.255 e. The van der Waals surface area contributed by atoms with E-state index in [-0.39, 0.29) is 29.6 Å². The van der Waals surface area contributed by atoms with Gasteiger partial charge in [0.2, 0.25) is 11.9 Å². The molecule has 2 saturated carbocycles. The summed E-state index contributed by atoms with van der Waals surface area (Å²) in [5.74, 6) is 0.382. The second-order valence-corrected chi connectivity index (χ2v) is 13.9. The Morgan fingerprint density at radius 2 is 1.85 bits per heavy atom. The van der Waals surface area contributed by atoms with Crippen LogP contribution in [0.15, 0.2) is 18.3 Å². The molecule has 4 heterocycles. The third kappa shape index (κ3) is 7.57. The predicted molar refractivity (Wildman–Crippen MR) is 179 cm³/mol. The fourth-order valence-electron chi connectivity index (χ4n) is 7.02. The number of hydrogen-bond donors (Lipinski definition) is 2. The van der Waals surface area contributed by atoms with E-state index in [1.54, 1.807) is 34.8 Å². The van der Waals surface area contributed by atoms with Gasteiger partial charge in [-0.2, -0.15) is 26.3 Å². The second-order valence-electron chi connectivity index (χ2n) is 12.9. The van der Waals surface area contributed by atoms with Crippen LogP contribution in [-0.2, 0) is 27.4 Å². The number of nitrogens with one attached hydrogen (secondary N) is 2. The number of amides is 2. The van der Waals surface area contributed by atoms with E-state index < -0.39 is 12.0 Å². The van der Waals surface area contributed by atoms with Crippen LogP contribution in [0.5, 0.6) is 0 Å². The van der Waals surface area contributed by atoms with Crippen molar-refractivity contribution in [1.82, 2.24) is 29.9 Å². The lowest BCUT2D eigenvalue weighted by molar-refractivity contribution is -0.119. The fraction of sp³-hybridized carbons (Fsp3) is 0.618. The second kappa shape index (κ2) is 14.9. The van der Waals surface area contributed by atoms with Crippen molar-refractivity contribution < 1.29 is 23.5 Å². The van der Waals surface area contributed by atoms with Gasteiger partial charge in [-0.05, 0) is 94.9 Å². The summed E-state index contributed by atoms with van der Waals surface area (Å²) in [6.07, 6.45) is 10.1.